The van der Waals surface area contributed by atoms with E-state index < -0.39 is 11.0 Å². The van der Waals surface area contributed by atoms with Crippen LogP contribution in [0, 0.1) is 0 Å². The van der Waals surface area contributed by atoms with Gasteiger partial charge >= 0.3 is 0 Å². The summed E-state index contributed by atoms with van der Waals surface area (Å²) in [6.45, 7) is 6.62. The molecular formula is C13H19NO2S. The van der Waals surface area contributed by atoms with Crippen molar-refractivity contribution in [3.63, 3.8) is 0 Å². The molecule has 0 aliphatic rings. The van der Waals surface area contributed by atoms with Crippen LogP contribution in [-0.4, -0.2) is 21.8 Å². The minimum absolute atomic E-state index is 0.310. The Morgan fingerprint density at radius 3 is 2.53 bits per heavy atom. The van der Waals surface area contributed by atoms with Crippen LogP contribution in [0.4, 0.5) is 0 Å². The number of hydrogen-bond acceptors (Lipinski definition) is 2. The summed E-state index contributed by atoms with van der Waals surface area (Å²) in [5.74, 6) is 0. The monoisotopic (exact) mass is 253 g/mol. The van der Waals surface area contributed by atoms with Crippen molar-refractivity contribution in [2.24, 2.45) is 4.40 Å². The standard InChI is InChI=1S/C13H19NO2S/c1-13(2,3)17(15)14-9-10-16-11-12-7-5-4-6-8-12/h4-9H,10-11H2,1-3H3/b14-9-/t17-/m1/s1. The molecule has 3 nitrogen and oxygen atoms in total. The van der Waals surface area contributed by atoms with E-state index in [1.165, 1.54) is 0 Å². The first kappa shape index (κ1) is 14.1. The number of ether oxygens (including phenoxy) is 1. The Balaban J connectivity index is 2.25. The van der Waals surface area contributed by atoms with Crippen molar-refractivity contribution < 1.29 is 8.95 Å². The third-order valence-corrected chi connectivity index (χ3v) is 3.39. The summed E-state index contributed by atoms with van der Waals surface area (Å²) < 4.78 is 20.6. The SMILES string of the molecule is CC(C)(C)[S@@](=O)/N=C\COCc1ccccc1. The van der Waals surface area contributed by atoms with Crippen LogP contribution in [0.25, 0.3) is 0 Å². The van der Waals surface area contributed by atoms with Crippen LogP contribution < -0.4 is 0 Å². The van der Waals surface area contributed by atoms with Gasteiger partial charge in [0, 0.05) is 6.21 Å². The highest BCUT2D eigenvalue weighted by molar-refractivity contribution is 7.85. The molecule has 0 aliphatic heterocycles. The Bertz CT molecular complexity index is 382. The lowest BCUT2D eigenvalue weighted by Crippen LogP contribution is -2.19. The zero-order chi connectivity index (χ0) is 12.7. The van der Waals surface area contributed by atoms with Crippen LogP contribution in [0.5, 0.6) is 0 Å². The molecule has 1 atom stereocenters. The molecule has 0 saturated carbocycles. The molecule has 0 bridgehead atoms. The molecule has 0 heterocycles. The van der Waals surface area contributed by atoms with Gasteiger partial charge < -0.3 is 4.74 Å². The first-order chi connectivity index (χ1) is 8.00. The van der Waals surface area contributed by atoms with E-state index in [1.807, 2.05) is 51.1 Å². The molecule has 0 amide bonds. The van der Waals surface area contributed by atoms with Crippen LogP contribution in [-0.2, 0) is 22.3 Å². The van der Waals surface area contributed by atoms with Gasteiger partial charge in [-0.15, -0.1) is 0 Å². The molecule has 0 unspecified atom stereocenters. The molecule has 17 heavy (non-hydrogen) atoms. The molecule has 0 fully saturated rings. The van der Waals surface area contributed by atoms with E-state index in [1.54, 1.807) is 6.21 Å². The van der Waals surface area contributed by atoms with Crippen molar-refractivity contribution in [3.8, 4) is 0 Å². The van der Waals surface area contributed by atoms with Gasteiger partial charge in [0.2, 0.25) is 0 Å². The Labute approximate surface area is 106 Å². The van der Waals surface area contributed by atoms with Crippen molar-refractivity contribution in [2.45, 2.75) is 32.1 Å². The average molecular weight is 253 g/mol. The highest BCUT2D eigenvalue weighted by Gasteiger charge is 2.17. The fourth-order valence-electron chi connectivity index (χ4n) is 1.06. The molecule has 4 heteroatoms. The zero-order valence-electron chi connectivity index (χ0n) is 10.6. The van der Waals surface area contributed by atoms with Crippen LogP contribution in [0.1, 0.15) is 26.3 Å². The minimum atomic E-state index is -1.20. The summed E-state index contributed by atoms with van der Waals surface area (Å²) in [6.07, 6.45) is 1.57. The predicted octanol–water partition coefficient (Wildman–Crippen LogP) is 2.74. The number of rotatable bonds is 5. The average Bonchev–Trinajstić information content (AvgIpc) is 2.28. The highest BCUT2D eigenvalue weighted by Crippen LogP contribution is 2.11. The second-order valence-electron chi connectivity index (χ2n) is 4.65. The molecule has 0 N–H and O–H groups in total. The summed E-state index contributed by atoms with van der Waals surface area (Å²) >= 11 is 0. The maximum absolute atomic E-state index is 11.6. The summed E-state index contributed by atoms with van der Waals surface area (Å²) in [6, 6.07) is 9.93. The van der Waals surface area contributed by atoms with Gasteiger partial charge in [-0.1, -0.05) is 30.3 Å². The smallest absolute Gasteiger partial charge is 0.144 e. The van der Waals surface area contributed by atoms with Crippen molar-refractivity contribution >= 4 is 17.2 Å². The van der Waals surface area contributed by atoms with E-state index in [0.29, 0.717) is 13.2 Å². The van der Waals surface area contributed by atoms with E-state index in [2.05, 4.69) is 4.40 Å². The van der Waals surface area contributed by atoms with Crippen molar-refractivity contribution in [1.82, 2.24) is 0 Å². The molecule has 0 radical (unpaired) electrons. The minimum Gasteiger partial charge on any atom is -0.371 e. The molecule has 1 aromatic carbocycles. The topological polar surface area (TPSA) is 38.7 Å². The molecule has 0 spiro atoms. The van der Waals surface area contributed by atoms with E-state index in [4.69, 9.17) is 4.74 Å². The summed E-state index contributed by atoms with van der Waals surface area (Å²) in [7, 11) is -1.20. The first-order valence-corrected chi connectivity index (χ1v) is 6.67. The first-order valence-electron chi connectivity index (χ1n) is 5.56. The summed E-state index contributed by atoms with van der Waals surface area (Å²) in [5, 5.41) is 0. The van der Waals surface area contributed by atoms with Gasteiger partial charge in [-0.2, -0.15) is 4.40 Å². The zero-order valence-corrected chi connectivity index (χ0v) is 11.4. The summed E-state index contributed by atoms with van der Waals surface area (Å²) in [4.78, 5) is 0. The number of benzene rings is 1. The fraction of sp³-hybridized carbons (Fsp3) is 0.462. The lowest BCUT2D eigenvalue weighted by atomic mass is 10.2. The molecular weight excluding hydrogens is 234 g/mol. The van der Waals surface area contributed by atoms with Gasteiger partial charge in [-0.3, -0.25) is 0 Å². The van der Waals surface area contributed by atoms with Crippen LogP contribution in [0.15, 0.2) is 34.7 Å². The third-order valence-electron chi connectivity index (χ3n) is 2.00. The Hall–Kier alpha value is -1.00. The van der Waals surface area contributed by atoms with Gasteiger partial charge in [0.15, 0.2) is 0 Å². The second kappa shape index (κ2) is 6.67. The lowest BCUT2D eigenvalue weighted by molar-refractivity contribution is 0.160. The van der Waals surface area contributed by atoms with Crippen LogP contribution in [0.3, 0.4) is 0 Å². The third kappa shape index (κ3) is 5.75. The van der Waals surface area contributed by atoms with Gasteiger partial charge in [-0.05, 0) is 26.3 Å². The van der Waals surface area contributed by atoms with Crippen molar-refractivity contribution in [3.05, 3.63) is 35.9 Å². The molecule has 0 aliphatic carbocycles. The maximum atomic E-state index is 11.6. The molecule has 1 rings (SSSR count). The molecule has 0 saturated heterocycles. The van der Waals surface area contributed by atoms with E-state index in [-0.39, 0.29) is 4.75 Å². The fourth-order valence-corrected chi connectivity index (χ4v) is 1.57. The van der Waals surface area contributed by atoms with Gasteiger partial charge in [0.25, 0.3) is 0 Å². The maximum Gasteiger partial charge on any atom is 0.144 e. The largest absolute Gasteiger partial charge is 0.371 e. The number of nitrogens with zero attached hydrogens (tertiary/aromatic N) is 1. The van der Waals surface area contributed by atoms with E-state index in [0.717, 1.165) is 5.56 Å². The second-order valence-corrected chi connectivity index (χ2v) is 6.58. The van der Waals surface area contributed by atoms with Gasteiger partial charge in [-0.25, -0.2) is 4.21 Å². The Kier molecular flexibility index (Phi) is 5.51. The predicted molar refractivity (Wildman–Crippen MR) is 72.5 cm³/mol. The Morgan fingerprint density at radius 1 is 1.29 bits per heavy atom. The van der Waals surface area contributed by atoms with Gasteiger partial charge in [0.05, 0.1) is 18.0 Å². The van der Waals surface area contributed by atoms with E-state index in [9.17, 15) is 4.21 Å². The summed E-state index contributed by atoms with van der Waals surface area (Å²) in [5.41, 5.74) is 1.12. The molecule has 1 aromatic rings. The lowest BCUT2D eigenvalue weighted by Gasteiger charge is -2.12. The quantitative estimate of drug-likeness (QED) is 0.598. The molecule has 94 valence electrons. The van der Waals surface area contributed by atoms with Crippen molar-refractivity contribution in [2.75, 3.05) is 6.61 Å². The van der Waals surface area contributed by atoms with Crippen molar-refractivity contribution in [1.29, 1.82) is 0 Å². The van der Waals surface area contributed by atoms with Crippen LogP contribution in [0.2, 0.25) is 0 Å². The number of hydrogen-bond donors (Lipinski definition) is 0. The normalized spacial score (nSPS) is 14.1. The Morgan fingerprint density at radius 2 is 1.94 bits per heavy atom. The van der Waals surface area contributed by atoms with Crippen LogP contribution >= 0.6 is 0 Å². The molecule has 0 aromatic heterocycles. The van der Waals surface area contributed by atoms with E-state index >= 15 is 0 Å². The highest BCUT2D eigenvalue weighted by atomic mass is 32.2. The van der Waals surface area contributed by atoms with Gasteiger partial charge in [0.1, 0.15) is 11.0 Å².